The topological polar surface area (TPSA) is 97.3 Å². The van der Waals surface area contributed by atoms with Crippen molar-refractivity contribution in [1.29, 1.82) is 0 Å². The van der Waals surface area contributed by atoms with Gasteiger partial charge in [0.25, 0.3) is 0 Å². The van der Waals surface area contributed by atoms with Crippen LogP contribution < -0.4 is 0 Å². The lowest BCUT2D eigenvalue weighted by Gasteiger charge is -1.97. The lowest BCUT2D eigenvalue weighted by Crippen LogP contribution is -1.83. The van der Waals surface area contributed by atoms with Crippen LogP contribution in [0.5, 0.6) is 0 Å². The normalized spacial score (nSPS) is 11.4. The Hall–Kier alpha value is -3.74. The smallest absolute Gasteiger partial charge is 0.400 e. The van der Waals surface area contributed by atoms with E-state index in [1.165, 1.54) is 18.3 Å². The van der Waals surface area contributed by atoms with Gasteiger partial charge in [-0.1, -0.05) is 12.1 Å². The SMILES string of the molecule is O=[N+]([O-])c1ccc(C=Nc2ccc(-c3nc4ccccc4[nH]3)cc2)o1. The van der Waals surface area contributed by atoms with Gasteiger partial charge in [-0.3, -0.25) is 15.1 Å². The molecular formula is C18H12N4O3. The number of nitrogens with zero attached hydrogens (tertiary/aromatic N) is 3. The largest absolute Gasteiger partial charge is 0.433 e. The fourth-order valence-electron chi connectivity index (χ4n) is 2.44. The molecular weight excluding hydrogens is 320 g/mol. The number of H-pyrrole nitrogens is 1. The van der Waals surface area contributed by atoms with Crippen LogP contribution in [0.25, 0.3) is 22.4 Å². The molecule has 0 saturated heterocycles. The molecule has 0 saturated carbocycles. The Bertz CT molecular complexity index is 1040. The number of aliphatic imine (C=N–C) groups is 1. The Labute approximate surface area is 141 Å². The van der Waals surface area contributed by atoms with E-state index in [1.807, 2.05) is 48.5 Å². The standard InChI is InChI=1S/C18H12N4O3/c23-22(24)17-10-9-14(25-17)11-19-13-7-5-12(6-8-13)18-20-15-3-1-2-4-16(15)21-18/h1-11H,(H,20,21). The Morgan fingerprint density at radius 2 is 1.88 bits per heavy atom. The number of hydrogen-bond donors (Lipinski definition) is 1. The second kappa shape index (κ2) is 6.04. The molecule has 0 bridgehead atoms. The molecule has 0 fully saturated rings. The molecule has 1 N–H and O–H groups in total. The molecule has 0 spiro atoms. The third-order valence-corrected chi connectivity index (χ3v) is 3.66. The second-order valence-corrected chi connectivity index (χ2v) is 5.34. The zero-order valence-corrected chi connectivity index (χ0v) is 12.9. The summed E-state index contributed by atoms with van der Waals surface area (Å²) in [6.45, 7) is 0. The zero-order valence-electron chi connectivity index (χ0n) is 12.9. The van der Waals surface area contributed by atoms with Gasteiger partial charge in [-0.25, -0.2) is 4.98 Å². The van der Waals surface area contributed by atoms with Crippen LogP contribution in [-0.4, -0.2) is 21.1 Å². The minimum absolute atomic E-state index is 0.304. The van der Waals surface area contributed by atoms with E-state index in [0.717, 1.165) is 22.4 Å². The van der Waals surface area contributed by atoms with Crippen LogP contribution in [0, 0.1) is 10.1 Å². The van der Waals surface area contributed by atoms with E-state index in [0.29, 0.717) is 11.4 Å². The molecule has 7 nitrogen and oxygen atoms in total. The number of aromatic amines is 1. The van der Waals surface area contributed by atoms with Crippen molar-refractivity contribution in [2.24, 2.45) is 4.99 Å². The minimum Gasteiger partial charge on any atom is -0.400 e. The average molecular weight is 332 g/mol. The first-order chi connectivity index (χ1) is 12.2. The number of nitrogens with one attached hydrogen (secondary N) is 1. The Morgan fingerprint density at radius 3 is 2.60 bits per heavy atom. The highest BCUT2D eigenvalue weighted by molar-refractivity contribution is 5.80. The van der Waals surface area contributed by atoms with Gasteiger partial charge in [0, 0.05) is 5.56 Å². The van der Waals surface area contributed by atoms with Gasteiger partial charge in [0.15, 0.2) is 5.76 Å². The summed E-state index contributed by atoms with van der Waals surface area (Å²) in [5.41, 5.74) is 3.56. The molecule has 0 radical (unpaired) electrons. The highest BCUT2D eigenvalue weighted by Gasteiger charge is 2.10. The van der Waals surface area contributed by atoms with Crippen molar-refractivity contribution in [2.75, 3.05) is 0 Å². The van der Waals surface area contributed by atoms with Gasteiger partial charge in [0.05, 0.1) is 29.0 Å². The van der Waals surface area contributed by atoms with Gasteiger partial charge >= 0.3 is 5.88 Å². The number of furan rings is 1. The fourth-order valence-corrected chi connectivity index (χ4v) is 2.44. The summed E-state index contributed by atoms with van der Waals surface area (Å²) >= 11 is 0. The molecule has 0 atom stereocenters. The number of benzene rings is 2. The van der Waals surface area contributed by atoms with Gasteiger partial charge in [-0.15, -0.1) is 0 Å². The summed E-state index contributed by atoms with van der Waals surface area (Å²) in [5, 5.41) is 10.6. The Morgan fingerprint density at radius 1 is 1.08 bits per heavy atom. The Balaban J connectivity index is 1.54. The molecule has 25 heavy (non-hydrogen) atoms. The molecule has 0 aliphatic carbocycles. The monoisotopic (exact) mass is 332 g/mol. The van der Waals surface area contributed by atoms with E-state index >= 15 is 0 Å². The quantitative estimate of drug-likeness (QED) is 0.338. The van der Waals surface area contributed by atoms with Gasteiger partial charge in [0.1, 0.15) is 10.7 Å². The molecule has 7 heteroatoms. The zero-order chi connectivity index (χ0) is 17.2. The molecule has 0 amide bonds. The van der Waals surface area contributed by atoms with Crippen LogP contribution in [0.4, 0.5) is 11.6 Å². The van der Waals surface area contributed by atoms with E-state index in [9.17, 15) is 10.1 Å². The van der Waals surface area contributed by atoms with Crippen molar-refractivity contribution in [3.8, 4) is 11.4 Å². The maximum atomic E-state index is 10.6. The average Bonchev–Trinajstić information content (AvgIpc) is 3.27. The predicted octanol–water partition coefficient (Wildman–Crippen LogP) is 4.48. The van der Waals surface area contributed by atoms with Gasteiger partial charge < -0.3 is 9.40 Å². The number of rotatable bonds is 4. The summed E-state index contributed by atoms with van der Waals surface area (Å²) in [4.78, 5) is 22.1. The predicted molar refractivity (Wildman–Crippen MR) is 94.1 cm³/mol. The molecule has 4 rings (SSSR count). The maximum absolute atomic E-state index is 10.6. The minimum atomic E-state index is -0.584. The number of para-hydroxylation sites is 2. The van der Waals surface area contributed by atoms with Crippen LogP contribution in [-0.2, 0) is 0 Å². The number of nitro groups is 1. The first kappa shape index (κ1) is 14.8. The van der Waals surface area contributed by atoms with Crippen molar-refractivity contribution in [3.63, 3.8) is 0 Å². The van der Waals surface area contributed by atoms with E-state index in [4.69, 9.17) is 4.42 Å². The van der Waals surface area contributed by atoms with Crippen LogP contribution in [0.1, 0.15) is 5.76 Å². The molecule has 2 aromatic heterocycles. The van der Waals surface area contributed by atoms with Crippen LogP contribution in [0.15, 0.2) is 70.1 Å². The molecule has 0 unspecified atom stereocenters. The van der Waals surface area contributed by atoms with Crippen LogP contribution in [0.2, 0.25) is 0 Å². The summed E-state index contributed by atoms with van der Waals surface area (Å²) < 4.78 is 5.03. The van der Waals surface area contributed by atoms with E-state index < -0.39 is 4.92 Å². The first-order valence-electron chi connectivity index (χ1n) is 7.52. The number of fused-ring (bicyclic) bond motifs is 1. The van der Waals surface area contributed by atoms with Crippen molar-refractivity contribution < 1.29 is 9.34 Å². The molecule has 2 heterocycles. The summed E-state index contributed by atoms with van der Waals surface area (Å²) in [6, 6.07) is 18.2. The Kier molecular flexibility index (Phi) is 3.59. The highest BCUT2D eigenvalue weighted by atomic mass is 16.6. The lowest BCUT2D eigenvalue weighted by molar-refractivity contribution is -0.402. The van der Waals surface area contributed by atoms with Gasteiger partial charge in [-0.05, 0) is 42.5 Å². The van der Waals surface area contributed by atoms with Gasteiger partial charge in [-0.2, -0.15) is 0 Å². The summed E-state index contributed by atoms with van der Waals surface area (Å²) in [6.07, 6.45) is 1.45. The van der Waals surface area contributed by atoms with Crippen molar-refractivity contribution in [1.82, 2.24) is 9.97 Å². The van der Waals surface area contributed by atoms with Crippen molar-refractivity contribution in [2.45, 2.75) is 0 Å². The van der Waals surface area contributed by atoms with Gasteiger partial charge in [0.2, 0.25) is 0 Å². The van der Waals surface area contributed by atoms with E-state index in [1.54, 1.807) is 0 Å². The second-order valence-electron chi connectivity index (χ2n) is 5.34. The van der Waals surface area contributed by atoms with Crippen molar-refractivity contribution >= 4 is 28.8 Å². The number of hydrogen-bond acceptors (Lipinski definition) is 5. The van der Waals surface area contributed by atoms with E-state index in [2.05, 4.69) is 15.0 Å². The van der Waals surface area contributed by atoms with Crippen LogP contribution in [0.3, 0.4) is 0 Å². The number of imidazole rings is 1. The van der Waals surface area contributed by atoms with Crippen LogP contribution >= 0.6 is 0 Å². The third-order valence-electron chi connectivity index (χ3n) is 3.66. The highest BCUT2D eigenvalue weighted by Crippen LogP contribution is 2.23. The van der Waals surface area contributed by atoms with Crippen molar-refractivity contribution in [3.05, 3.63) is 76.5 Å². The lowest BCUT2D eigenvalue weighted by atomic mass is 10.2. The maximum Gasteiger partial charge on any atom is 0.433 e. The molecule has 4 aromatic rings. The summed E-state index contributed by atoms with van der Waals surface area (Å²) in [5.74, 6) is 0.813. The molecule has 2 aromatic carbocycles. The summed E-state index contributed by atoms with van der Waals surface area (Å²) in [7, 11) is 0. The molecule has 0 aliphatic rings. The number of aromatic nitrogens is 2. The van der Waals surface area contributed by atoms with E-state index in [-0.39, 0.29) is 5.88 Å². The fraction of sp³-hybridized carbons (Fsp3) is 0. The first-order valence-corrected chi connectivity index (χ1v) is 7.52. The molecule has 122 valence electrons. The third kappa shape index (κ3) is 3.02. The molecule has 0 aliphatic heterocycles.